The Labute approximate surface area is 198 Å². The number of alkyl halides is 3. The largest absolute Gasteiger partial charge is 0.416 e. The number of piperidine rings is 1. The van der Waals surface area contributed by atoms with E-state index in [1.165, 1.54) is 10.5 Å². The van der Waals surface area contributed by atoms with Crippen molar-refractivity contribution in [3.8, 4) is 17.0 Å². The molecule has 0 unspecified atom stereocenters. The first-order chi connectivity index (χ1) is 16.1. The van der Waals surface area contributed by atoms with Gasteiger partial charge in [0.05, 0.1) is 23.6 Å². The van der Waals surface area contributed by atoms with Crippen LogP contribution in [0.4, 0.5) is 17.6 Å². The maximum atomic E-state index is 15.1. The van der Waals surface area contributed by atoms with Crippen LogP contribution in [0.15, 0.2) is 24.4 Å². The van der Waals surface area contributed by atoms with E-state index in [0.717, 1.165) is 6.26 Å². The predicted molar refractivity (Wildman–Crippen MR) is 118 cm³/mol. The molecule has 0 amide bonds. The summed E-state index contributed by atoms with van der Waals surface area (Å²) in [5.74, 6) is -2.48. The number of hydrogen-bond acceptors (Lipinski definition) is 7. The molecule has 0 saturated carbocycles. The number of nitrogens with zero attached hydrogens (tertiary/aromatic N) is 3. The number of H-pyrrole nitrogens is 1. The molecule has 1 fully saturated rings. The fraction of sp³-hybridized carbons (Fsp3) is 0.400. The maximum Gasteiger partial charge on any atom is 0.416 e. The number of sulfonamides is 1. The number of nitrogens with one attached hydrogen (secondary N) is 1. The van der Waals surface area contributed by atoms with Crippen LogP contribution in [0.1, 0.15) is 30.0 Å². The van der Waals surface area contributed by atoms with Gasteiger partial charge in [-0.1, -0.05) is 0 Å². The van der Waals surface area contributed by atoms with E-state index in [1.807, 2.05) is 0 Å². The molecule has 0 bridgehead atoms. The van der Waals surface area contributed by atoms with E-state index in [-0.39, 0.29) is 23.1 Å². The van der Waals surface area contributed by atoms with E-state index in [4.69, 9.17) is 0 Å². The zero-order valence-electron chi connectivity index (χ0n) is 18.4. The van der Waals surface area contributed by atoms with Crippen LogP contribution in [0, 0.1) is 5.82 Å². The van der Waals surface area contributed by atoms with Gasteiger partial charge in [-0.25, -0.2) is 17.1 Å². The second-order valence-corrected chi connectivity index (χ2v) is 11.8. The van der Waals surface area contributed by atoms with Crippen molar-refractivity contribution in [2.45, 2.75) is 24.9 Å². The fourth-order valence-electron chi connectivity index (χ4n) is 4.00. The third-order valence-electron chi connectivity index (χ3n) is 5.67. The van der Waals surface area contributed by atoms with Crippen LogP contribution in [0.5, 0.6) is 5.75 Å². The maximum absolute atomic E-state index is 15.1. The Hall–Kier alpha value is -2.78. The number of aromatic amines is 1. The van der Waals surface area contributed by atoms with Gasteiger partial charge in [0, 0.05) is 41.8 Å². The number of aromatic nitrogens is 3. The summed E-state index contributed by atoms with van der Waals surface area (Å²) in [6.07, 6.45) is -0.785. The van der Waals surface area contributed by atoms with E-state index in [9.17, 15) is 30.0 Å². The summed E-state index contributed by atoms with van der Waals surface area (Å²) >= 11 is 0. The standard InChI is InChI=1S/C20H20F4N4O5S2/c1-34(29,30)28-5-3-11(4-6-28)15-9-16-14(10-25-15)19(27-26-16)13-7-12(20(22,23)24)8-17(18(13)21)33-35(2,31)32/h7-11H,3-6H2,1-2H3,(H,26,27). The smallest absolute Gasteiger partial charge is 0.379 e. The van der Waals surface area contributed by atoms with Gasteiger partial charge in [-0.05, 0) is 31.0 Å². The van der Waals surface area contributed by atoms with Crippen molar-refractivity contribution in [3.63, 3.8) is 0 Å². The summed E-state index contributed by atoms with van der Waals surface area (Å²) < 4.78 is 107. The molecule has 35 heavy (non-hydrogen) atoms. The van der Waals surface area contributed by atoms with E-state index in [0.29, 0.717) is 49.5 Å². The molecule has 0 atom stereocenters. The molecule has 190 valence electrons. The third-order valence-corrected chi connectivity index (χ3v) is 7.46. The molecule has 1 saturated heterocycles. The number of pyridine rings is 1. The lowest BCUT2D eigenvalue weighted by atomic mass is 9.93. The van der Waals surface area contributed by atoms with Crippen LogP contribution in [-0.2, 0) is 26.3 Å². The Kier molecular flexibility index (Phi) is 6.30. The number of rotatable bonds is 5. The van der Waals surface area contributed by atoms with Gasteiger partial charge in [0.1, 0.15) is 5.69 Å². The minimum absolute atomic E-state index is 0.0517. The molecular formula is C20H20F4N4O5S2. The normalized spacial score (nSPS) is 16.6. The Morgan fingerprint density at radius 2 is 1.74 bits per heavy atom. The van der Waals surface area contributed by atoms with Crippen molar-refractivity contribution >= 4 is 31.0 Å². The average molecular weight is 537 g/mol. The average Bonchev–Trinajstić information content (AvgIpc) is 3.16. The molecule has 0 spiro atoms. The van der Waals surface area contributed by atoms with Gasteiger partial charge >= 0.3 is 16.3 Å². The van der Waals surface area contributed by atoms with Crippen molar-refractivity contribution in [2.75, 3.05) is 25.6 Å². The quantitative estimate of drug-likeness (QED) is 0.392. The van der Waals surface area contributed by atoms with Gasteiger partial charge < -0.3 is 4.18 Å². The third kappa shape index (κ3) is 5.41. The summed E-state index contributed by atoms with van der Waals surface area (Å²) in [6, 6.07) is 2.43. The molecule has 9 nitrogen and oxygen atoms in total. The highest BCUT2D eigenvalue weighted by molar-refractivity contribution is 7.88. The minimum Gasteiger partial charge on any atom is -0.379 e. The fourth-order valence-corrected chi connectivity index (χ4v) is 5.32. The van der Waals surface area contributed by atoms with Crippen molar-refractivity contribution < 1.29 is 38.6 Å². The molecule has 3 heterocycles. The molecule has 0 aliphatic carbocycles. The van der Waals surface area contributed by atoms with Crippen molar-refractivity contribution in [3.05, 3.63) is 41.5 Å². The van der Waals surface area contributed by atoms with Crippen LogP contribution in [0.2, 0.25) is 0 Å². The van der Waals surface area contributed by atoms with E-state index in [2.05, 4.69) is 19.4 Å². The lowest BCUT2D eigenvalue weighted by molar-refractivity contribution is -0.137. The van der Waals surface area contributed by atoms with Crippen LogP contribution < -0.4 is 4.18 Å². The van der Waals surface area contributed by atoms with Gasteiger partial charge in [0.2, 0.25) is 10.0 Å². The molecule has 3 aromatic rings. The van der Waals surface area contributed by atoms with Crippen molar-refractivity contribution in [2.24, 2.45) is 0 Å². The molecule has 1 N–H and O–H groups in total. The number of hydrogen-bond donors (Lipinski definition) is 1. The minimum atomic E-state index is -4.91. The topological polar surface area (TPSA) is 122 Å². The molecule has 1 aromatic carbocycles. The summed E-state index contributed by atoms with van der Waals surface area (Å²) in [7, 11) is -7.60. The molecule has 1 aliphatic heterocycles. The molecule has 0 radical (unpaired) electrons. The van der Waals surface area contributed by atoms with Gasteiger partial charge in [0.25, 0.3) is 0 Å². The first-order valence-corrected chi connectivity index (χ1v) is 13.9. The van der Waals surface area contributed by atoms with Crippen LogP contribution in [0.25, 0.3) is 22.2 Å². The second-order valence-electron chi connectivity index (χ2n) is 8.28. The Morgan fingerprint density at radius 3 is 2.31 bits per heavy atom. The molecule has 4 rings (SSSR count). The number of benzene rings is 1. The highest BCUT2D eigenvalue weighted by Crippen LogP contribution is 2.40. The van der Waals surface area contributed by atoms with Gasteiger partial charge in [-0.2, -0.15) is 26.7 Å². The van der Waals surface area contributed by atoms with Crippen molar-refractivity contribution in [1.82, 2.24) is 19.5 Å². The van der Waals surface area contributed by atoms with E-state index < -0.39 is 49.0 Å². The van der Waals surface area contributed by atoms with Gasteiger partial charge in [-0.15, -0.1) is 0 Å². The van der Waals surface area contributed by atoms with Crippen LogP contribution >= 0.6 is 0 Å². The highest BCUT2D eigenvalue weighted by Gasteiger charge is 2.34. The van der Waals surface area contributed by atoms with Gasteiger partial charge in [-0.3, -0.25) is 10.1 Å². The summed E-state index contributed by atoms with van der Waals surface area (Å²) in [5.41, 5.74) is -1.12. The first-order valence-electron chi connectivity index (χ1n) is 10.2. The van der Waals surface area contributed by atoms with Crippen LogP contribution in [-0.4, -0.2) is 61.9 Å². The summed E-state index contributed by atoms with van der Waals surface area (Å²) in [6.45, 7) is 0.659. The summed E-state index contributed by atoms with van der Waals surface area (Å²) in [5, 5.41) is 6.82. The lowest BCUT2D eigenvalue weighted by Gasteiger charge is -2.29. The second kappa shape index (κ2) is 8.71. The molecule has 15 heteroatoms. The van der Waals surface area contributed by atoms with E-state index in [1.54, 1.807) is 6.07 Å². The zero-order chi connectivity index (χ0) is 25.8. The summed E-state index contributed by atoms with van der Waals surface area (Å²) in [4.78, 5) is 4.36. The van der Waals surface area contributed by atoms with Crippen LogP contribution in [0.3, 0.4) is 0 Å². The SMILES string of the molecule is CS(=O)(=O)Oc1cc(C(F)(F)F)cc(-c2n[nH]c3cc(C4CCN(S(C)(=O)=O)CC4)ncc23)c1F. The molecular weight excluding hydrogens is 516 g/mol. The molecule has 1 aliphatic rings. The Balaban J connectivity index is 1.73. The van der Waals surface area contributed by atoms with Crippen molar-refractivity contribution in [1.29, 1.82) is 0 Å². The monoisotopic (exact) mass is 536 g/mol. The predicted octanol–water partition coefficient (Wildman–Crippen LogP) is 3.26. The number of fused-ring (bicyclic) bond motifs is 1. The Morgan fingerprint density at radius 1 is 1.09 bits per heavy atom. The highest BCUT2D eigenvalue weighted by atomic mass is 32.2. The zero-order valence-corrected chi connectivity index (χ0v) is 20.1. The first kappa shape index (κ1) is 25.3. The molecule has 2 aromatic heterocycles. The van der Waals surface area contributed by atoms with E-state index >= 15 is 4.39 Å². The number of halogens is 4. The Bertz CT molecular complexity index is 1500. The van der Waals surface area contributed by atoms with Gasteiger partial charge in [0.15, 0.2) is 11.6 Å². The lowest BCUT2D eigenvalue weighted by Crippen LogP contribution is -2.37.